The summed E-state index contributed by atoms with van der Waals surface area (Å²) in [4.78, 5) is 8.75. The van der Waals surface area contributed by atoms with Gasteiger partial charge in [-0.05, 0) is 23.6 Å². The third-order valence-electron chi connectivity index (χ3n) is 4.01. The number of nitrogen functional groups attached to an aromatic ring is 1. The molecule has 0 bridgehead atoms. The molecule has 25 heavy (non-hydrogen) atoms. The molecule has 0 unspecified atom stereocenters. The third-order valence-corrected chi connectivity index (χ3v) is 4.01. The Morgan fingerprint density at radius 3 is 2.52 bits per heavy atom. The van der Waals surface area contributed by atoms with Crippen LogP contribution in [0.1, 0.15) is 16.7 Å². The van der Waals surface area contributed by atoms with Gasteiger partial charge in [0.2, 0.25) is 5.95 Å². The highest BCUT2D eigenvalue weighted by Crippen LogP contribution is 2.23. The van der Waals surface area contributed by atoms with E-state index in [1.807, 2.05) is 42.5 Å². The quantitative estimate of drug-likeness (QED) is 0.693. The molecule has 0 saturated heterocycles. The third kappa shape index (κ3) is 4.47. The van der Waals surface area contributed by atoms with Crippen LogP contribution in [0.3, 0.4) is 0 Å². The molecule has 1 heterocycles. The highest BCUT2D eigenvalue weighted by molar-refractivity contribution is 5.47. The lowest BCUT2D eigenvalue weighted by Gasteiger charge is -2.11. The molecule has 1 aromatic heterocycles. The van der Waals surface area contributed by atoms with E-state index in [9.17, 15) is 0 Å². The summed E-state index contributed by atoms with van der Waals surface area (Å²) < 4.78 is 5.38. The van der Waals surface area contributed by atoms with Gasteiger partial charge in [0, 0.05) is 24.7 Å². The number of nitrogens with two attached hydrogens (primary N) is 1. The molecule has 5 heteroatoms. The minimum Gasteiger partial charge on any atom is -0.496 e. The number of benzene rings is 2. The first-order valence-corrected chi connectivity index (χ1v) is 8.27. The fourth-order valence-electron chi connectivity index (χ4n) is 2.66. The number of nitrogens with zero attached hydrogens (tertiary/aromatic N) is 2. The van der Waals surface area contributed by atoms with Crippen molar-refractivity contribution in [2.75, 3.05) is 24.7 Å². The van der Waals surface area contributed by atoms with Crippen LogP contribution in [-0.4, -0.2) is 23.6 Å². The van der Waals surface area contributed by atoms with Gasteiger partial charge in [-0.1, -0.05) is 48.5 Å². The maximum atomic E-state index is 6.11. The lowest BCUT2D eigenvalue weighted by atomic mass is 10.1. The molecule has 0 radical (unpaired) electrons. The molecule has 2 aromatic carbocycles. The van der Waals surface area contributed by atoms with Crippen molar-refractivity contribution in [3.05, 3.63) is 77.5 Å². The van der Waals surface area contributed by atoms with Crippen LogP contribution in [0.15, 0.2) is 60.8 Å². The number of hydrogen-bond acceptors (Lipinski definition) is 5. The minimum absolute atomic E-state index is 0.489. The molecule has 0 aliphatic carbocycles. The molecule has 0 fully saturated rings. The summed E-state index contributed by atoms with van der Waals surface area (Å²) in [5.41, 5.74) is 9.33. The number of aromatic nitrogens is 2. The molecule has 5 nitrogen and oxygen atoms in total. The van der Waals surface area contributed by atoms with E-state index in [1.165, 1.54) is 5.56 Å². The van der Waals surface area contributed by atoms with Crippen LogP contribution in [0.4, 0.5) is 11.8 Å². The summed E-state index contributed by atoms with van der Waals surface area (Å²) in [6.07, 6.45) is 3.33. The first kappa shape index (κ1) is 16.8. The van der Waals surface area contributed by atoms with Crippen molar-refractivity contribution in [1.29, 1.82) is 0 Å². The average Bonchev–Trinajstić information content (AvgIpc) is 2.65. The number of rotatable bonds is 7. The van der Waals surface area contributed by atoms with Gasteiger partial charge >= 0.3 is 0 Å². The molecule has 128 valence electrons. The molecule has 0 saturated carbocycles. The molecule has 0 atom stereocenters. The van der Waals surface area contributed by atoms with Gasteiger partial charge in [-0.25, -0.2) is 4.98 Å². The summed E-state index contributed by atoms with van der Waals surface area (Å²) in [6, 6.07) is 18.2. The lowest BCUT2D eigenvalue weighted by Crippen LogP contribution is -2.10. The van der Waals surface area contributed by atoms with Gasteiger partial charge in [-0.3, -0.25) is 0 Å². The Morgan fingerprint density at radius 2 is 1.76 bits per heavy atom. The van der Waals surface area contributed by atoms with E-state index in [-0.39, 0.29) is 0 Å². The fourth-order valence-corrected chi connectivity index (χ4v) is 2.66. The molecule has 3 rings (SSSR count). The van der Waals surface area contributed by atoms with E-state index in [0.717, 1.165) is 29.8 Å². The number of methoxy groups -OCH3 is 1. The Bertz CT molecular complexity index is 821. The minimum atomic E-state index is 0.489. The molecule has 0 amide bonds. The van der Waals surface area contributed by atoms with E-state index in [1.54, 1.807) is 13.3 Å². The molecule has 3 N–H and O–H groups in total. The van der Waals surface area contributed by atoms with Gasteiger partial charge < -0.3 is 15.8 Å². The van der Waals surface area contributed by atoms with Gasteiger partial charge in [0.1, 0.15) is 11.6 Å². The summed E-state index contributed by atoms with van der Waals surface area (Å²) in [5.74, 6) is 1.88. The van der Waals surface area contributed by atoms with Crippen LogP contribution in [0, 0.1) is 0 Å². The van der Waals surface area contributed by atoms with Crippen molar-refractivity contribution < 1.29 is 4.74 Å². The Morgan fingerprint density at radius 1 is 1.00 bits per heavy atom. The Labute approximate surface area is 147 Å². The van der Waals surface area contributed by atoms with Crippen molar-refractivity contribution in [3.8, 4) is 5.75 Å². The van der Waals surface area contributed by atoms with Crippen LogP contribution >= 0.6 is 0 Å². The van der Waals surface area contributed by atoms with E-state index in [4.69, 9.17) is 10.5 Å². The number of nitrogens with one attached hydrogen (secondary N) is 1. The monoisotopic (exact) mass is 334 g/mol. The first-order valence-electron chi connectivity index (χ1n) is 8.27. The lowest BCUT2D eigenvalue weighted by molar-refractivity contribution is 0.410. The van der Waals surface area contributed by atoms with Gasteiger partial charge in [-0.15, -0.1) is 0 Å². The van der Waals surface area contributed by atoms with Crippen molar-refractivity contribution in [1.82, 2.24) is 9.97 Å². The van der Waals surface area contributed by atoms with Crippen LogP contribution in [0.25, 0.3) is 0 Å². The van der Waals surface area contributed by atoms with Gasteiger partial charge in [0.25, 0.3) is 0 Å². The van der Waals surface area contributed by atoms with E-state index < -0.39 is 0 Å². The topological polar surface area (TPSA) is 73.1 Å². The first-order chi connectivity index (χ1) is 12.3. The zero-order valence-corrected chi connectivity index (χ0v) is 14.3. The van der Waals surface area contributed by atoms with E-state index in [0.29, 0.717) is 18.2 Å². The second-order valence-electron chi connectivity index (χ2n) is 5.76. The maximum Gasteiger partial charge on any atom is 0.224 e. The average molecular weight is 334 g/mol. The van der Waals surface area contributed by atoms with Crippen LogP contribution in [0.2, 0.25) is 0 Å². The molecule has 0 aliphatic heterocycles. The van der Waals surface area contributed by atoms with Crippen LogP contribution < -0.4 is 15.8 Å². The second-order valence-corrected chi connectivity index (χ2v) is 5.76. The standard InChI is InChI=1S/C20H22N4O/c1-25-18-10-6-5-9-16(18)13-17-14-23-20(24-19(17)21)22-12-11-15-7-3-2-4-8-15/h2-10,14H,11-13H2,1H3,(H3,21,22,23,24). The predicted molar refractivity (Wildman–Crippen MR) is 101 cm³/mol. The maximum absolute atomic E-state index is 6.11. The van der Waals surface area contributed by atoms with Crippen molar-refractivity contribution >= 4 is 11.8 Å². The van der Waals surface area contributed by atoms with Gasteiger partial charge in [0.05, 0.1) is 7.11 Å². The van der Waals surface area contributed by atoms with Crippen molar-refractivity contribution in [2.45, 2.75) is 12.8 Å². The Kier molecular flexibility index (Phi) is 5.46. The SMILES string of the molecule is COc1ccccc1Cc1cnc(NCCc2ccccc2)nc1N. The zero-order chi connectivity index (χ0) is 17.5. The number of hydrogen-bond donors (Lipinski definition) is 2. The number of para-hydroxylation sites is 1. The van der Waals surface area contributed by atoms with E-state index in [2.05, 4.69) is 27.4 Å². The zero-order valence-electron chi connectivity index (χ0n) is 14.3. The van der Waals surface area contributed by atoms with Crippen LogP contribution in [0.5, 0.6) is 5.75 Å². The summed E-state index contributed by atoms with van der Waals surface area (Å²) in [5, 5.41) is 3.22. The molecule has 0 aliphatic rings. The Hall–Kier alpha value is -3.08. The normalized spacial score (nSPS) is 10.4. The highest BCUT2D eigenvalue weighted by atomic mass is 16.5. The smallest absolute Gasteiger partial charge is 0.224 e. The fraction of sp³-hybridized carbons (Fsp3) is 0.200. The van der Waals surface area contributed by atoms with Gasteiger partial charge in [-0.2, -0.15) is 4.98 Å². The largest absolute Gasteiger partial charge is 0.496 e. The van der Waals surface area contributed by atoms with Crippen molar-refractivity contribution in [2.24, 2.45) is 0 Å². The highest BCUT2D eigenvalue weighted by Gasteiger charge is 2.08. The predicted octanol–water partition coefficient (Wildman–Crippen LogP) is 3.31. The van der Waals surface area contributed by atoms with E-state index >= 15 is 0 Å². The van der Waals surface area contributed by atoms with Gasteiger partial charge in [0.15, 0.2) is 0 Å². The molecule has 0 spiro atoms. The second kappa shape index (κ2) is 8.15. The Balaban J connectivity index is 1.62. The molecular formula is C20H22N4O. The number of ether oxygens (including phenoxy) is 1. The number of anilines is 2. The summed E-state index contributed by atoms with van der Waals surface area (Å²) in [6.45, 7) is 0.759. The summed E-state index contributed by atoms with van der Waals surface area (Å²) >= 11 is 0. The van der Waals surface area contributed by atoms with Crippen molar-refractivity contribution in [3.63, 3.8) is 0 Å². The van der Waals surface area contributed by atoms with Crippen LogP contribution in [-0.2, 0) is 12.8 Å². The molecule has 3 aromatic rings. The molecular weight excluding hydrogens is 312 g/mol. The summed E-state index contributed by atoms with van der Waals surface area (Å²) in [7, 11) is 1.67.